The number of nitrogens with zero attached hydrogens (tertiary/aromatic N) is 4. The van der Waals surface area contributed by atoms with Crippen molar-refractivity contribution in [3.8, 4) is 11.1 Å². The standard InChI is InChI=1S/C24H27FN4OS/c25-17-6-7-28(10-17)8-9-30-13-20-18-11-29(12-19(18)20)23-22-21(16-4-2-1-3-5-16)14-31-24(22)27-15-26-23/h1-5,14-15,17-20H,6-13H2/t17-,18?,19?,20?/m1/s1. The molecule has 7 heteroatoms. The van der Waals surface area contributed by atoms with Crippen molar-refractivity contribution in [2.75, 3.05) is 50.8 Å². The van der Waals surface area contributed by atoms with Crippen LogP contribution in [0.2, 0.25) is 0 Å². The summed E-state index contributed by atoms with van der Waals surface area (Å²) in [5.74, 6) is 3.14. The van der Waals surface area contributed by atoms with Gasteiger partial charge in [0.1, 0.15) is 23.1 Å². The SMILES string of the molecule is F[C@@H]1CCN(CCOCC2C3CN(c4ncnc5scc(-c6ccccc6)c45)CC23)C1. The van der Waals surface area contributed by atoms with E-state index >= 15 is 0 Å². The van der Waals surface area contributed by atoms with Gasteiger partial charge in [-0.15, -0.1) is 11.3 Å². The van der Waals surface area contributed by atoms with Gasteiger partial charge in [-0.25, -0.2) is 14.4 Å². The molecule has 1 aliphatic carbocycles. The average Bonchev–Trinajstić information content (AvgIpc) is 3.25. The molecule has 0 N–H and O–H groups in total. The van der Waals surface area contributed by atoms with Crippen LogP contribution in [0.3, 0.4) is 0 Å². The van der Waals surface area contributed by atoms with Crippen LogP contribution in [0, 0.1) is 17.8 Å². The van der Waals surface area contributed by atoms with Crippen LogP contribution in [0.4, 0.5) is 10.2 Å². The third kappa shape index (κ3) is 3.73. The molecule has 0 amide bonds. The van der Waals surface area contributed by atoms with Gasteiger partial charge in [-0.2, -0.15) is 0 Å². The Morgan fingerprint density at radius 1 is 1.10 bits per heavy atom. The summed E-state index contributed by atoms with van der Waals surface area (Å²) in [6, 6.07) is 10.5. The predicted molar refractivity (Wildman–Crippen MR) is 122 cm³/mol. The van der Waals surface area contributed by atoms with E-state index in [0.29, 0.717) is 37.3 Å². The molecule has 4 heterocycles. The number of likely N-dealkylation sites (tertiary alicyclic amines) is 1. The fraction of sp³-hybridized carbons (Fsp3) is 0.500. The molecule has 0 bridgehead atoms. The van der Waals surface area contributed by atoms with Crippen LogP contribution in [-0.4, -0.2) is 67.0 Å². The maximum atomic E-state index is 13.3. The zero-order valence-corrected chi connectivity index (χ0v) is 18.3. The first-order valence-corrected chi connectivity index (χ1v) is 12.1. The van der Waals surface area contributed by atoms with E-state index in [1.54, 1.807) is 17.7 Å². The third-order valence-electron chi connectivity index (χ3n) is 7.18. The van der Waals surface area contributed by atoms with Crippen LogP contribution < -0.4 is 4.90 Å². The lowest BCUT2D eigenvalue weighted by atomic mass is 10.1. The number of piperidine rings is 1. The Hall–Kier alpha value is -2.09. The number of thiophene rings is 1. The van der Waals surface area contributed by atoms with E-state index in [4.69, 9.17) is 9.72 Å². The number of ether oxygens (including phenoxy) is 1. The van der Waals surface area contributed by atoms with Crippen LogP contribution in [0.15, 0.2) is 42.0 Å². The van der Waals surface area contributed by atoms with Crippen LogP contribution >= 0.6 is 11.3 Å². The summed E-state index contributed by atoms with van der Waals surface area (Å²) in [5, 5.41) is 3.39. The van der Waals surface area contributed by atoms with Crippen molar-refractivity contribution in [3.05, 3.63) is 42.0 Å². The van der Waals surface area contributed by atoms with E-state index < -0.39 is 6.17 Å². The van der Waals surface area contributed by atoms with Gasteiger partial charge in [0.05, 0.1) is 18.6 Å². The number of alkyl halides is 1. The molecule has 6 rings (SSSR count). The van der Waals surface area contributed by atoms with Gasteiger partial charge in [0.2, 0.25) is 0 Å². The Balaban J connectivity index is 1.08. The highest BCUT2D eigenvalue weighted by Crippen LogP contribution is 2.53. The van der Waals surface area contributed by atoms with Crippen LogP contribution in [0.5, 0.6) is 0 Å². The second kappa shape index (κ2) is 8.11. The van der Waals surface area contributed by atoms with E-state index in [1.807, 2.05) is 0 Å². The first kappa shape index (κ1) is 19.6. The number of aromatic nitrogens is 2. The summed E-state index contributed by atoms with van der Waals surface area (Å²) in [6.07, 6.45) is 1.73. The first-order chi connectivity index (χ1) is 15.3. The van der Waals surface area contributed by atoms with E-state index in [-0.39, 0.29) is 0 Å². The third-order valence-corrected chi connectivity index (χ3v) is 8.07. The van der Waals surface area contributed by atoms with Crippen LogP contribution in [-0.2, 0) is 4.74 Å². The molecule has 2 unspecified atom stereocenters. The van der Waals surface area contributed by atoms with Gasteiger partial charge in [0.15, 0.2) is 0 Å². The Morgan fingerprint density at radius 3 is 2.71 bits per heavy atom. The normalized spacial score (nSPS) is 27.8. The highest BCUT2D eigenvalue weighted by atomic mass is 32.1. The molecule has 5 nitrogen and oxygen atoms in total. The first-order valence-electron chi connectivity index (χ1n) is 11.2. The lowest BCUT2D eigenvalue weighted by Crippen LogP contribution is -2.27. The number of fused-ring (bicyclic) bond motifs is 2. The minimum absolute atomic E-state index is 0.577. The second-order valence-corrected chi connectivity index (χ2v) is 9.91. The minimum Gasteiger partial charge on any atom is -0.380 e. The van der Waals surface area contributed by atoms with Crippen molar-refractivity contribution in [2.24, 2.45) is 17.8 Å². The quantitative estimate of drug-likeness (QED) is 0.520. The van der Waals surface area contributed by atoms with Crippen molar-refractivity contribution in [1.29, 1.82) is 0 Å². The summed E-state index contributed by atoms with van der Waals surface area (Å²) in [4.78, 5) is 14.9. The molecule has 162 valence electrons. The molecule has 2 saturated heterocycles. The molecular formula is C24H27FN4OS. The van der Waals surface area contributed by atoms with Crippen molar-refractivity contribution < 1.29 is 9.13 Å². The fourth-order valence-electron chi connectivity index (χ4n) is 5.40. The molecule has 3 aliphatic rings. The van der Waals surface area contributed by atoms with Gasteiger partial charge in [-0.05, 0) is 29.7 Å². The molecule has 0 spiro atoms. The van der Waals surface area contributed by atoms with Crippen LogP contribution in [0.25, 0.3) is 21.3 Å². The zero-order valence-electron chi connectivity index (χ0n) is 17.5. The summed E-state index contributed by atoms with van der Waals surface area (Å²) in [5.41, 5.74) is 2.45. The van der Waals surface area contributed by atoms with Crippen molar-refractivity contribution in [1.82, 2.24) is 14.9 Å². The predicted octanol–water partition coefficient (Wildman–Crippen LogP) is 4.10. The van der Waals surface area contributed by atoms with Crippen molar-refractivity contribution >= 4 is 27.4 Å². The molecule has 31 heavy (non-hydrogen) atoms. The largest absolute Gasteiger partial charge is 0.380 e. The number of hydrogen-bond acceptors (Lipinski definition) is 6. The van der Waals surface area contributed by atoms with Gasteiger partial charge in [0.25, 0.3) is 0 Å². The lowest BCUT2D eigenvalue weighted by molar-refractivity contribution is 0.0956. The van der Waals surface area contributed by atoms with Gasteiger partial charge in [0, 0.05) is 43.7 Å². The maximum absolute atomic E-state index is 13.3. The number of halogens is 1. The smallest absolute Gasteiger partial charge is 0.141 e. The van der Waals surface area contributed by atoms with Gasteiger partial charge >= 0.3 is 0 Å². The molecule has 0 radical (unpaired) electrons. The van der Waals surface area contributed by atoms with E-state index in [9.17, 15) is 4.39 Å². The highest BCUT2D eigenvalue weighted by molar-refractivity contribution is 7.17. The number of anilines is 1. The van der Waals surface area contributed by atoms with Gasteiger partial charge < -0.3 is 9.64 Å². The monoisotopic (exact) mass is 438 g/mol. The number of benzene rings is 1. The highest BCUT2D eigenvalue weighted by Gasteiger charge is 2.56. The molecular weight excluding hydrogens is 411 g/mol. The molecule has 3 atom stereocenters. The molecule has 3 aromatic rings. The summed E-state index contributed by atoms with van der Waals surface area (Å²) < 4.78 is 19.2. The van der Waals surface area contributed by atoms with Gasteiger partial charge in [-0.3, -0.25) is 4.90 Å². The Morgan fingerprint density at radius 2 is 1.94 bits per heavy atom. The van der Waals surface area contributed by atoms with E-state index in [1.165, 1.54) is 16.5 Å². The van der Waals surface area contributed by atoms with Gasteiger partial charge in [-0.1, -0.05) is 30.3 Å². The van der Waals surface area contributed by atoms with Crippen LogP contribution in [0.1, 0.15) is 6.42 Å². The average molecular weight is 439 g/mol. The topological polar surface area (TPSA) is 41.5 Å². The molecule has 3 fully saturated rings. The minimum atomic E-state index is -0.646. The zero-order chi connectivity index (χ0) is 20.8. The van der Waals surface area contributed by atoms with E-state index in [2.05, 4.69) is 50.5 Å². The van der Waals surface area contributed by atoms with E-state index in [0.717, 1.165) is 43.4 Å². The van der Waals surface area contributed by atoms with Crippen molar-refractivity contribution in [3.63, 3.8) is 0 Å². The summed E-state index contributed by atoms with van der Waals surface area (Å²) in [7, 11) is 0. The Bertz CT molecular complexity index is 1050. The Labute approximate surface area is 185 Å². The van der Waals surface area contributed by atoms with Crippen molar-refractivity contribution in [2.45, 2.75) is 12.6 Å². The summed E-state index contributed by atoms with van der Waals surface area (Å²) >= 11 is 1.69. The number of rotatable bonds is 7. The molecule has 1 aromatic carbocycles. The molecule has 2 aromatic heterocycles. The second-order valence-electron chi connectivity index (χ2n) is 9.05. The maximum Gasteiger partial charge on any atom is 0.141 e. The Kier molecular flexibility index (Phi) is 5.13. The molecule has 1 saturated carbocycles. The summed E-state index contributed by atoms with van der Waals surface area (Å²) in [6.45, 7) is 5.95. The molecule has 2 aliphatic heterocycles. The number of hydrogen-bond donors (Lipinski definition) is 0. The lowest BCUT2D eigenvalue weighted by Gasteiger charge is -2.22. The fourth-order valence-corrected chi connectivity index (χ4v) is 6.31.